The Balaban J connectivity index is 2.17. The van der Waals surface area contributed by atoms with E-state index in [2.05, 4.69) is 10.3 Å². The molecule has 0 aromatic rings. The van der Waals surface area contributed by atoms with Gasteiger partial charge in [0.25, 0.3) is 0 Å². The van der Waals surface area contributed by atoms with Crippen LogP contribution in [0.3, 0.4) is 0 Å². The van der Waals surface area contributed by atoms with Crippen molar-refractivity contribution in [2.45, 2.75) is 30.8 Å². The van der Waals surface area contributed by atoms with Crippen LogP contribution in [-0.4, -0.2) is 70.0 Å². The van der Waals surface area contributed by atoms with E-state index in [0.717, 1.165) is 11.2 Å². The number of hydrogen-bond acceptors (Lipinski definition) is 7. The first-order chi connectivity index (χ1) is 8.06. The first-order valence-electron chi connectivity index (χ1n) is 5.04. The molecule has 0 aromatic heterocycles. The van der Waals surface area contributed by atoms with Crippen molar-refractivity contribution in [3.63, 3.8) is 0 Å². The van der Waals surface area contributed by atoms with E-state index < -0.39 is 43.5 Å². The van der Waals surface area contributed by atoms with E-state index >= 15 is 0 Å². The molecule has 1 fully saturated rings. The Morgan fingerprint density at radius 2 is 2.24 bits per heavy atom. The third kappa shape index (κ3) is 1.98. The second-order valence-corrected chi connectivity index (χ2v) is 3.78. The predicted molar refractivity (Wildman–Crippen MR) is 54.6 cm³/mol. The van der Waals surface area contributed by atoms with Crippen molar-refractivity contribution >= 4 is 12.4 Å². The van der Waals surface area contributed by atoms with Gasteiger partial charge in [0.15, 0.2) is 12.5 Å². The summed E-state index contributed by atoms with van der Waals surface area (Å²) in [6.45, 7) is -0.470. The van der Waals surface area contributed by atoms with Gasteiger partial charge in [-0.1, -0.05) is 0 Å². The van der Waals surface area contributed by atoms with Crippen LogP contribution in [0.25, 0.3) is 0 Å². The summed E-state index contributed by atoms with van der Waals surface area (Å²) in [5.74, 6) is 0. The lowest BCUT2D eigenvalue weighted by atomic mass is 10.1. The highest BCUT2D eigenvalue weighted by molar-refractivity contribution is 5.88. The van der Waals surface area contributed by atoms with E-state index in [4.69, 9.17) is 15.6 Å². The van der Waals surface area contributed by atoms with E-state index in [1.54, 1.807) is 0 Å². The number of hydrogen-bond donors (Lipinski definition) is 5. The Kier molecular flexibility index (Phi) is 3.26. The zero-order chi connectivity index (χ0) is 12.6. The first-order valence-corrected chi connectivity index (χ1v) is 5.04. The Labute approximate surface area is 96.5 Å². The van der Waals surface area contributed by atoms with Crippen LogP contribution in [0.1, 0.15) is 0 Å². The number of carbonyl (C=O) groups is 1. The fourth-order valence-corrected chi connectivity index (χ4v) is 1.81. The highest BCUT2D eigenvalue weighted by Crippen LogP contribution is 2.25. The van der Waals surface area contributed by atoms with E-state index in [-0.39, 0.29) is 0 Å². The molecule has 0 saturated carbocycles. The molecule has 1 unspecified atom stereocenters. The highest BCUT2D eigenvalue weighted by atomic mass is 16.6. The van der Waals surface area contributed by atoms with Gasteiger partial charge in [0.2, 0.25) is 0 Å². The third-order valence-corrected chi connectivity index (χ3v) is 2.73. The molecule has 96 valence electrons. The smallest absolute Gasteiger partial charge is 0.327 e. The molecule has 0 spiro atoms. The number of urea groups is 1. The molecule has 0 radical (unpaired) electrons. The summed E-state index contributed by atoms with van der Waals surface area (Å²) >= 11 is 0. The predicted octanol–water partition coefficient (Wildman–Crippen LogP) is -3.28. The fraction of sp³-hybridized carbons (Fsp3) is 0.750. The van der Waals surface area contributed by atoms with Crippen molar-refractivity contribution in [1.82, 2.24) is 10.2 Å². The summed E-state index contributed by atoms with van der Waals surface area (Å²) in [5.41, 5.74) is 5.58. The van der Waals surface area contributed by atoms with Crippen molar-refractivity contribution < 1.29 is 24.9 Å². The number of carbonyl (C=O) groups excluding carboxylic acids is 1. The van der Waals surface area contributed by atoms with Crippen molar-refractivity contribution in [3.8, 4) is 0 Å². The van der Waals surface area contributed by atoms with Crippen molar-refractivity contribution in [2.75, 3.05) is 6.61 Å². The number of ether oxygens (including phenoxy) is 1. The van der Waals surface area contributed by atoms with Gasteiger partial charge in [-0.05, 0) is 0 Å². The Bertz CT molecular complexity index is 338. The monoisotopic (exact) mass is 246 g/mol. The fourth-order valence-electron chi connectivity index (χ4n) is 1.81. The number of rotatable bonds is 2. The number of nitrogens with two attached hydrogens (primary N) is 1. The zero-order valence-electron chi connectivity index (χ0n) is 8.80. The summed E-state index contributed by atoms with van der Waals surface area (Å²) in [4.78, 5) is 16.2. The minimum absolute atomic E-state index is 0.470. The van der Waals surface area contributed by atoms with Crippen LogP contribution in [0.5, 0.6) is 0 Å². The van der Waals surface area contributed by atoms with Crippen molar-refractivity contribution in [2.24, 2.45) is 10.7 Å². The van der Waals surface area contributed by atoms with Crippen molar-refractivity contribution in [3.05, 3.63) is 0 Å². The van der Waals surface area contributed by atoms with Gasteiger partial charge < -0.3 is 20.1 Å². The number of amides is 2. The molecule has 6 N–H and O–H groups in total. The van der Waals surface area contributed by atoms with Gasteiger partial charge in [0.05, 0.1) is 12.9 Å². The molecule has 9 heteroatoms. The molecular weight excluding hydrogens is 232 g/mol. The third-order valence-electron chi connectivity index (χ3n) is 2.73. The van der Waals surface area contributed by atoms with Gasteiger partial charge in [0, 0.05) is 0 Å². The summed E-state index contributed by atoms with van der Waals surface area (Å²) in [7, 11) is 0. The van der Waals surface area contributed by atoms with Crippen LogP contribution in [0.2, 0.25) is 0 Å². The van der Waals surface area contributed by atoms with Gasteiger partial charge in [-0.2, -0.15) is 0 Å². The van der Waals surface area contributed by atoms with E-state index in [0.29, 0.717) is 0 Å². The van der Waals surface area contributed by atoms with Crippen LogP contribution < -0.4 is 11.1 Å². The molecule has 9 nitrogen and oxygen atoms in total. The average molecular weight is 246 g/mol. The molecule has 1 saturated heterocycles. The quantitative estimate of drug-likeness (QED) is 0.346. The molecule has 17 heavy (non-hydrogen) atoms. The summed E-state index contributed by atoms with van der Waals surface area (Å²) < 4.78 is 5.18. The molecule has 2 heterocycles. The average Bonchev–Trinajstić information content (AvgIpc) is 2.57. The lowest BCUT2D eigenvalue weighted by Gasteiger charge is -2.34. The maximum Gasteiger partial charge on any atom is 0.327 e. The Morgan fingerprint density at radius 1 is 1.53 bits per heavy atom. The number of aliphatic hydroxyl groups is 3. The number of nitrogens with one attached hydrogen (secondary N) is 1. The van der Waals surface area contributed by atoms with Crippen LogP contribution in [0.15, 0.2) is 4.99 Å². The molecule has 0 aliphatic carbocycles. The summed E-state index contributed by atoms with van der Waals surface area (Å²) in [6.07, 6.45) is -4.60. The van der Waals surface area contributed by atoms with Gasteiger partial charge >= 0.3 is 6.03 Å². The number of nitrogens with zero attached hydrogens (tertiary/aromatic N) is 2. The first kappa shape index (κ1) is 12.2. The SMILES string of the molecule is NC1N=CNC(=O)N1[C@H]1O[C@H](CO)[C@H](O)[C@@H]1O. The maximum atomic E-state index is 11.5. The summed E-state index contributed by atoms with van der Waals surface area (Å²) in [5, 5.41) is 30.5. The minimum Gasteiger partial charge on any atom is -0.394 e. The van der Waals surface area contributed by atoms with Gasteiger partial charge in [-0.3, -0.25) is 16.0 Å². The Morgan fingerprint density at radius 3 is 2.76 bits per heavy atom. The maximum absolute atomic E-state index is 11.5. The lowest BCUT2D eigenvalue weighted by molar-refractivity contribution is -0.0907. The molecule has 2 rings (SSSR count). The topological polar surface area (TPSA) is 141 Å². The number of aliphatic hydroxyl groups excluding tert-OH is 3. The second-order valence-electron chi connectivity index (χ2n) is 3.78. The van der Waals surface area contributed by atoms with Gasteiger partial charge in [0.1, 0.15) is 18.3 Å². The van der Waals surface area contributed by atoms with E-state index in [9.17, 15) is 15.0 Å². The Hall–Kier alpha value is -1.26. The standard InChI is InChI=1S/C8H14N4O5/c9-7-10-2-11-8(16)12(7)6-5(15)4(14)3(1-13)17-6/h2-7,13-15H,1,9H2,(H,10,11,16)/t3-,4+,5+,6+,7?/m1/s1. The molecule has 0 aromatic carbocycles. The molecule has 0 bridgehead atoms. The molecule has 2 aliphatic rings. The molecule has 2 amide bonds. The van der Waals surface area contributed by atoms with Crippen LogP contribution in [-0.2, 0) is 4.74 Å². The molecule has 2 aliphatic heterocycles. The van der Waals surface area contributed by atoms with Gasteiger partial charge in [-0.15, -0.1) is 0 Å². The highest BCUT2D eigenvalue weighted by Gasteiger charge is 2.48. The van der Waals surface area contributed by atoms with Crippen LogP contribution in [0.4, 0.5) is 4.79 Å². The van der Waals surface area contributed by atoms with Crippen LogP contribution in [0, 0.1) is 0 Å². The van der Waals surface area contributed by atoms with E-state index in [1.807, 2.05) is 0 Å². The van der Waals surface area contributed by atoms with Gasteiger partial charge in [-0.25, -0.2) is 9.79 Å². The molecular formula is C8H14N4O5. The number of aliphatic imine (C=N–C) groups is 1. The van der Waals surface area contributed by atoms with E-state index in [1.165, 1.54) is 0 Å². The summed E-state index contributed by atoms with van der Waals surface area (Å²) in [6, 6.07) is -0.595. The lowest BCUT2D eigenvalue weighted by Crippen LogP contribution is -2.60. The van der Waals surface area contributed by atoms with Crippen LogP contribution >= 0.6 is 0 Å². The normalized spacial score (nSPS) is 41.8. The zero-order valence-corrected chi connectivity index (χ0v) is 8.80. The van der Waals surface area contributed by atoms with Crippen molar-refractivity contribution in [1.29, 1.82) is 0 Å². The minimum atomic E-state index is -1.35. The largest absolute Gasteiger partial charge is 0.394 e. The molecule has 5 atom stereocenters. The second kappa shape index (κ2) is 4.55.